The molecule has 1 aliphatic carbocycles. The lowest BCUT2D eigenvalue weighted by molar-refractivity contribution is -0.121. The Kier molecular flexibility index (Phi) is 6.23. The highest BCUT2D eigenvalue weighted by Crippen LogP contribution is 2.36. The fraction of sp³-hybridized carbons (Fsp3) is 0.714. The van der Waals surface area contributed by atoms with Crippen molar-refractivity contribution < 1.29 is 9.53 Å². The summed E-state index contributed by atoms with van der Waals surface area (Å²) in [6, 6.07) is 2.69. The number of carbonyl (C=O) groups is 1. The lowest BCUT2D eigenvalue weighted by atomic mass is 9.95. The molecule has 1 aliphatic heterocycles. The summed E-state index contributed by atoms with van der Waals surface area (Å²) in [5, 5.41) is 12.8. The fourth-order valence-electron chi connectivity index (χ4n) is 4.67. The minimum atomic E-state index is -0.0534. The van der Waals surface area contributed by atoms with Crippen molar-refractivity contribution in [3.63, 3.8) is 0 Å². The van der Waals surface area contributed by atoms with E-state index in [0.29, 0.717) is 24.0 Å². The molecule has 0 radical (unpaired) electrons. The van der Waals surface area contributed by atoms with Crippen molar-refractivity contribution in [3.05, 3.63) is 16.8 Å². The van der Waals surface area contributed by atoms with E-state index in [9.17, 15) is 10.1 Å². The van der Waals surface area contributed by atoms with Crippen LogP contribution in [0.25, 0.3) is 0 Å². The van der Waals surface area contributed by atoms with Gasteiger partial charge in [0.15, 0.2) is 0 Å². The number of aromatic nitrogens is 1. The van der Waals surface area contributed by atoms with Gasteiger partial charge in [-0.15, -0.1) is 0 Å². The average Bonchev–Trinajstić information content (AvgIpc) is 2.84. The maximum Gasteiger partial charge on any atom is 0.239 e. The van der Waals surface area contributed by atoms with E-state index < -0.39 is 0 Å². The van der Waals surface area contributed by atoms with Crippen LogP contribution in [0.1, 0.15) is 68.8 Å². The monoisotopic (exact) mass is 372 g/mol. The third kappa shape index (κ3) is 4.36. The summed E-state index contributed by atoms with van der Waals surface area (Å²) >= 11 is 0. The molecule has 2 heterocycles. The minimum absolute atomic E-state index is 0.0534. The molecule has 1 amide bonds. The molecule has 1 N–H and O–H groups in total. The topological polar surface area (TPSA) is 70.3 Å². The van der Waals surface area contributed by atoms with E-state index in [4.69, 9.17) is 4.74 Å². The van der Waals surface area contributed by atoms with E-state index in [-0.39, 0.29) is 18.1 Å². The second-order valence-corrected chi connectivity index (χ2v) is 8.21. The molecule has 6 nitrogen and oxygen atoms in total. The number of rotatable bonds is 4. The number of nitriles is 1. The van der Waals surface area contributed by atoms with Crippen LogP contribution in [0, 0.1) is 25.2 Å². The maximum atomic E-state index is 12.8. The molecule has 0 aromatic carbocycles. The van der Waals surface area contributed by atoms with Gasteiger partial charge < -0.3 is 14.6 Å². The Bertz CT molecular complexity index is 718. The molecule has 1 saturated heterocycles. The van der Waals surface area contributed by atoms with Crippen molar-refractivity contribution in [1.29, 1.82) is 5.26 Å². The Morgan fingerprint density at radius 1 is 1.19 bits per heavy atom. The molecule has 148 valence electrons. The van der Waals surface area contributed by atoms with Crippen LogP contribution < -0.4 is 5.32 Å². The van der Waals surface area contributed by atoms with Gasteiger partial charge in [-0.3, -0.25) is 9.69 Å². The molecule has 0 unspecified atom stereocenters. The number of anilines is 1. The zero-order valence-electron chi connectivity index (χ0n) is 17.0. The number of nitrogens with zero attached hydrogens (tertiary/aromatic N) is 3. The SMILES string of the molecule is Cc1c(C#N)c(NC(=O)CN2C[C@@H](C)O[C@H](C)C2)n(C2CCCCC2)c1C. The highest BCUT2D eigenvalue weighted by Gasteiger charge is 2.28. The molecule has 2 atom stereocenters. The smallest absolute Gasteiger partial charge is 0.239 e. The van der Waals surface area contributed by atoms with Crippen molar-refractivity contribution in [2.24, 2.45) is 0 Å². The van der Waals surface area contributed by atoms with E-state index in [1.54, 1.807) is 0 Å². The van der Waals surface area contributed by atoms with Gasteiger partial charge in [0.05, 0.1) is 24.3 Å². The van der Waals surface area contributed by atoms with Gasteiger partial charge in [0.1, 0.15) is 11.9 Å². The van der Waals surface area contributed by atoms with Crippen LogP contribution in [0.15, 0.2) is 0 Å². The molecule has 1 aromatic rings. The van der Waals surface area contributed by atoms with Crippen molar-refractivity contribution in [2.45, 2.75) is 78.0 Å². The van der Waals surface area contributed by atoms with Gasteiger partial charge in [0.2, 0.25) is 5.91 Å². The largest absolute Gasteiger partial charge is 0.373 e. The first-order chi connectivity index (χ1) is 12.9. The van der Waals surface area contributed by atoms with Crippen LogP contribution in [-0.2, 0) is 9.53 Å². The normalized spacial score (nSPS) is 24.6. The van der Waals surface area contributed by atoms with E-state index in [1.807, 2.05) is 20.8 Å². The Hall–Kier alpha value is -1.84. The molecular weight excluding hydrogens is 340 g/mol. The standard InChI is InChI=1S/C21H32N4O2/c1-14-11-24(12-15(2)27-14)13-20(26)23-21-19(10-22)16(3)17(4)25(21)18-8-6-5-7-9-18/h14-15,18H,5-9,11-13H2,1-4H3,(H,23,26)/t14-,15-/m1/s1. The Balaban J connectivity index is 1.79. The Labute approximate surface area is 162 Å². The number of amides is 1. The molecular formula is C21H32N4O2. The molecule has 1 saturated carbocycles. The van der Waals surface area contributed by atoms with Crippen molar-refractivity contribution in [2.75, 3.05) is 25.0 Å². The van der Waals surface area contributed by atoms with E-state index in [2.05, 4.69) is 27.8 Å². The van der Waals surface area contributed by atoms with Gasteiger partial charge in [-0.1, -0.05) is 19.3 Å². The first-order valence-electron chi connectivity index (χ1n) is 10.2. The van der Waals surface area contributed by atoms with Gasteiger partial charge in [0, 0.05) is 24.8 Å². The summed E-state index contributed by atoms with van der Waals surface area (Å²) in [6.07, 6.45) is 6.18. The van der Waals surface area contributed by atoms with Gasteiger partial charge in [-0.2, -0.15) is 5.26 Å². The van der Waals surface area contributed by atoms with Gasteiger partial charge in [-0.25, -0.2) is 0 Å². The fourth-order valence-corrected chi connectivity index (χ4v) is 4.67. The molecule has 1 aromatic heterocycles. The molecule has 2 aliphatic rings. The lowest BCUT2D eigenvalue weighted by Crippen LogP contribution is -2.48. The number of morpholine rings is 1. The van der Waals surface area contributed by atoms with Crippen LogP contribution in [0.3, 0.4) is 0 Å². The quantitative estimate of drug-likeness (QED) is 0.878. The molecule has 0 bridgehead atoms. The summed E-state index contributed by atoms with van der Waals surface area (Å²) in [6.45, 7) is 9.95. The lowest BCUT2D eigenvalue weighted by Gasteiger charge is -2.34. The zero-order chi connectivity index (χ0) is 19.6. The summed E-state index contributed by atoms with van der Waals surface area (Å²) < 4.78 is 7.97. The van der Waals surface area contributed by atoms with Gasteiger partial charge in [0.25, 0.3) is 0 Å². The van der Waals surface area contributed by atoms with Crippen molar-refractivity contribution >= 4 is 11.7 Å². The number of carbonyl (C=O) groups excluding carboxylic acids is 1. The van der Waals surface area contributed by atoms with Crippen LogP contribution in [0.4, 0.5) is 5.82 Å². The highest BCUT2D eigenvalue weighted by molar-refractivity contribution is 5.93. The summed E-state index contributed by atoms with van der Waals surface area (Å²) in [4.78, 5) is 14.9. The highest BCUT2D eigenvalue weighted by atomic mass is 16.5. The second kappa shape index (κ2) is 8.45. The average molecular weight is 373 g/mol. The number of hydrogen-bond donors (Lipinski definition) is 1. The molecule has 27 heavy (non-hydrogen) atoms. The second-order valence-electron chi connectivity index (χ2n) is 8.21. The van der Waals surface area contributed by atoms with Crippen LogP contribution in [0.5, 0.6) is 0 Å². The van der Waals surface area contributed by atoms with Crippen LogP contribution in [0.2, 0.25) is 0 Å². The van der Waals surface area contributed by atoms with Crippen LogP contribution >= 0.6 is 0 Å². The minimum Gasteiger partial charge on any atom is -0.373 e. The van der Waals surface area contributed by atoms with Crippen LogP contribution in [-0.4, -0.2) is 47.2 Å². The third-order valence-electron chi connectivity index (χ3n) is 5.93. The van der Waals surface area contributed by atoms with Crippen molar-refractivity contribution in [3.8, 4) is 6.07 Å². The predicted octanol–water partition coefficient (Wildman–Crippen LogP) is 3.53. The summed E-state index contributed by atoms with van der Waals surface area (Å²) in [7, 11) is 0. The van der Waals surface area contributed by atoms with E-state index >= 15 is 0 Å². The Morgan fingerprint density at radius 2 is 1.81 bits per heavy atom. The number of nitrogens with one attached hydrogen (secondary N) is 1. The first kappa shape index (κ1) is 19.9. The van der Waals surface area contributed by atoms with E-state index in [1.165, 1.54) is 19.3 Å². The van der Waals surface area contributed by atoms with Gasteiger partial charge in [-0.05, 0) is 46.1 Å². The van der Waals surface area contributed by atoms with Gasteiger partial charge >= 0.3 is 0 Å². The zero-order valence-corrected chi connectivity index (χ0v) is 17.0. The van der Waals surface area contributed by atoms with Crippen molar-refractivity contribution in [1.82, 2.24) is 9.47 Å². The third-order valence-corrected chi connectivity index (χ3v) is 5.93. The number of ether oxygens (including phenoxy) is 1. The maximum absolute atomic E-state index is 12.8. The molecule has 3 rings (SSSR count). The number of hydrogen-bond acceptors (Lipinski definition) is 4. The van der Waals surface area contributed by atoms with E-state index in [0.717, 1.165) is 37.2 Å². The Morgan fingerprint density at radius 3 is 2.41 bits per heavy atom. The first-order valence-corrected chi connectivity index (χ1v) is 10.2. The summed E-state index contributed by atoms with van der Waals surface area (Å²) in [5.41, 5.74) is 2.68. The summed E-state index contributed by atoms with van der Waals surface area (Å²) in [5.74, 6) is 0.640. The molecule has 0 spiro atoms. The molecule has 6 heteroatoms. The predicted molar refractivity (Wildman–Crippen MR) is 106 cm³/mol. The molecule has 2 fully saturated rings.